The first-order valence-corrected chi connectivity index (χ1v) is 18.4. The van der Waals surface area contributed by atoms with E-state index in [0.717, 1.165) is 45.8 Å². The average Bonchev–Trinajstić information content (AvgIpc) is 3.81. The summed E-state index contributed by atoms with van der Waals surface area (Å²) >= 11 is 0. The largest absolute Gasteiger partial charge is 0.504 e. The van der Waals surface area contributed by atoms with Gasteiger partial charge in [0, 0.05) is 49.6 Å². The summed E-state index contributed by atoms with van der Waals surface area (Å²) in [6, 6.07) is 58.7. The number of hydrogen-bond acceptors (Lipinski definition) is 3. The minimum absolute atomic E-state index is 0. The van der Waals surface area contributed by atoms with Gasteiger partial charge in [-0.25, -0.2) is 4.98 Å². The number of benzene rings is 6. The van der Waals surface area contributed by atoms with E-state index >= 15 is 0 Å². The molecule has 2 aliphatic rings. The molecule has 0 saturated carbocycles. The van der Waals surface area contributed by atoms with Gasteiger partial charge in [0.2, 0.25) is 0 Å². The Labute approximate surface area is 332 Å². The number of para-hydroxylation sites is 3. The molecule has 2 aromatic heterocycles. The molecule has 1 aliphatic carbocycles. The van der Waals surface area contributed by atoms with Crippen LogP contribution < -0.4 is 9.80 Å². The van der Waals surface area contributed by atoms with E-state index < -0.39 is 5.41 Å². The smallest absolute Gasteiger partial charge is 0.135 e. The first-order valence-electron chi connectivity index (χ1n) is 18.4. The summed E-state index contributed by atoms with van der Waals surface area (Å²) in [5.41, 5.74) is 13.7. The van der Waals surface area contributed by atoms with Crippen LogP contribution in [0.5, 0.6) is 0 Å². The number of aromatic nitrogens is 2. The number of pyridine rings is 1. The molecule has 3 heterocycles. The quantitative estimate of drug-likeness (QED) is 0.161. The molecule has 0 atom stereocenters. The van der Waals surface area contributed by atoms with E-state index in [2.05, 4.69) is 194 Å². The third-order valence-electron chi connectivity index (χ3n) is 11.3. The van der Waals surface area contributed by atoms with Gasteiger partial charge in [-0.2, -0.15) is 48.1 Å². The fourth-order valence-electron chi connectivity index (χ4n) is 8.78. The summed E-state index contributed by atoms with van der Waals surface area (Å²) in [7, 11) is 2.12. The molecular weight excluding hydrogens is 840 g/mol. The van der Waals surface area contributed by atoms with Crippen molar-refractivity contribution in [2.24, 2.45) is 0 Å². The number of rotatable bonds is 5. The minimum atomic E-state index is -0.527. The van der Waals surface area contributed by atoms with Crippen LogP contribution in [-0.2, 0) is 38.3 Å². The molecule has 4 nitrogen and oxygen atoms in total. The molecule has 10 rings (SSSR count). The second-order valence-electron chi connectivity index (χ2n) is 15.5. The Hall–Kier alpha value is -5.44. The molecule has 0 amide bonds. The normalized spacial score (nSPS) is 14.2. The van der Waals surface area contributed by atoms with Gasteiger partial charge in [-0.05, 0) is 76.9 Å². The molecule has 0 saturated heterocycles. The molecule has 268 valence electrons. The molecule has 0 bridgehead atoms. The van der Waals surface area contributed by atoms with Crippen LogP contribution in [0.2, 0.25) is 0 Å². The Morgan fingerprint density at radius 3 is 2.07 bits per heavy atom. The fourth-order valence-corrected chi connectivity index (χ4v) is 8.78. The van der Waals surface area contributed by atoms with Crippen molar-refractivity contribution in [1.82, 2.24) is 9.55 Å². The molecule has 8 aromatic rings. The summed E-state index contributed by atoms with van der Waals surface area (Å²) in [6.45, 7) is 9.09. The van der Waals surface area contributed by atoms with Crippen molar-refractivity contribution in [2.75, 3.05) is 16.8 Å². The second-order valence-corrected chi connectivity index (χ2v) is 15.5. The van der Waals surface area contributed by atoms with Crippen LogP contribution in [0.25, 0.3) is 38.8 Å². The number of anilines is 3. The van der Waals surface area contributed by atoms with Crippen LogP contribution >= 0.6 is 0 Å². The van der Waals surface area contributed by atoms with E-state index in [-0.39, 0.29) is 26.5 Å². The van der Waals surface area contributed by atoms with Gasteiger partial charge in [-0.15, -0.1) is 22.7 Å². The maximum Gasteiger partial charge on any atom is 0.135 e. The second kappa shape index (κ2) is 12.9. The zero-order valence-corrected chi connectivity index (χ0v) is 33.0. The van der Waals surface area contributed by atoms with Gasteiger partial charge < -0.3 is 14.4 Å². The van der Waals surface area contributed by atoms with E-state index in [1.807, 2.05) is 12.3 Å². The summed E-state index contributed by atoms with van der Waals surface area (Å²) in [4.78, 5) is 9.32. The zero-order valence-electron chi connectivity index (χ0n) is 30.7. The van der Waals surface area contributed by atoms with Gasteiger partial charge in [-0.3, -0.25) is 0 Å². The zero-order chi connectivity index (χ0) is 35.9. The molecule has 0 fully saturated rings. The first-order chi connectivity index (χ1) is 25.8. The van der Waals surface area contributed by atoms with Crippen molar-refractivity contribution in [3.05, 3.63) is 192 Å². The standard InChI is InChI=1S/C49H39N4.Pt/c1-48(2,3)35-27-33(28-36(29-35)52-32-51(4)44-21-11-12-22-45(44)52)31-49(41-18-8-5-15-37(41)38-16-6-9-19-42(38)49)34-24-25-40-39-17-7-10-20-43(39)53(46(40)30-34)47-23-13-14-26-50-47;/h5-27,29,32H,31H2,1-4H3;/q-3;. The molecule has 6 aromatic carbocycles. The van der Waals surface area contributed by atoms with Crippen LogP contribution in [0.15, 0.2) is 146 Å². The van der Waals surface area contributed by atoms with Gasteiger partial charge in [0.1, 0.15) is 5.82 Å². The minimum Gasteiger partial charge on any atom is -0.504 e. The molecular formula is C49H39N4Pt-3. The number of nitrogens with zero attached hydrogens (tertiary/aromatic N) is 4. The van der Waals surface area contributed by atoms with Crippen molar-refractivity contribution in [3.63, 3.8) is 0 Å². The average molecular weight is 879 g/mol. The van der Waals surface area contributed by atoms with Crippen molar-refractivity contribution < 1.29 is 21.1 Å². The molecule has 5 heteroatoms. The number of fused-ring (bicyclic) bond motifs is 7. The monoisotopic (exact) mass is 878 g/mol. The van der Waals surface area contributed by atoms with Crippen LogP contribution in [0.4, 0.5) is 17.1 Å². The maximum atomic E-state index is 4.83. The van der Waals surface area contributed by atoms with Gasteiger partial charge in [0.15, 0.2) is 0 Å². The van der Waals surface area contributed by atoms with E-state index in [9.17, 15) is 0 Å². The number of hydrogen-bond donors (Lipinski definition) is 0. The van der Waals surface area contributed by atoms with Gasteiger partial charge >= 0.3 is 0 Å². The van der Waals surface area contributed by atoms with Crippen molar-refractivity contribution >= 4 is 38.9 Å². The SMILES string of the molecule is CN1[CH-]N(c2[c-]c(CC3(c4[c-]c5c(cc4)c4ccccc4n5-c4ccccn4)c4ccccc4-c4ccccc43)cc(C(C)(C)C)c2)c2ccccc21.[Pt]. The van der Waals surface area contributed by atoms with E-state index in [4.69, 9.17) is 4.98 Å². The van der Waals surface area contributed by atoms with Gasteiger partial charge in [0.25, 0.3) is 0 Å². The van der Waals surface area contributed by atoms with Crippen LogP contribution in [0.1, 0.15) is 48.6 Å². The summed E-state index contributed by atoms with van der Waals surface area (Å²) in [5, 5.41) is 2.36. The van der Waals surface area contributed by atoms with Crippen molar-refractivity contribution in [1.29, 1.82) is 0 Å². The molecule has 54 heavy (non-hydrogen) atoms. The Kier molecular flexibility index (Phi) is 8.17. The van der Waals surface area contributed by atoms with Crippen molar-refractivity contribution in [3.8, 4) is 16.9 Å². The molecule has 0 radical (unpaired) electrons. The van der Waals surface area contributed by atoms with Crippen LogP contribution in [0, 0.1) is 18.8 Å². The topological polar surface area (TPSA) is 24.3 Å². The third-order valence-corrected chi connectivity index (χ3v) is 11.3. The third kappa shape index (κ3) is 5.18. The first kappa shape index (κ1) is 34.3. The predicted molar refractivity (Wildman–Crippen MR) is 218 cm³/mol. The van der Waals surface area contributed by atoms with Crippen molar-refractivity contribution in [2.45, 2.75) is 38.0 Å². The van der Waals surface area contributed by atoms with E-state index in [0.29, 0.717) is 0 Å². The Morgan fingerprint density at radius 1 is 0.685 bits per heavy atom. The molecule has 0 spiro atoms. The summed E-state index contributed by atoms with van der Waals surface area (Å²) in [6.07, 6.45) is 2.59. The molecule has 0 unspecified atom stereocenters. The Balaban J connectivity index is 0.00000384. The fraction of sp³-hybridized carbons (Fsp3) is 0.143. The summed E-state index contributed by atoms with van der Waals surface area (Å²) < 4.78 is 2.27. The predicted octanol–water partition coefficient (Wildman–Crippen LogP) is 11.3. The van der Waals surface area contributed by atoms with Crippen LogP contribution in [0.3, 0.4) is 0 Å². The Bertz CT molecular complexity index is 2660. The van der Waals surface area contributed by atoms with E-state index in [1.54, 1.807) is 0 Å². The van der Waals surface area contributed by atoms with Crippen LogP contribution in [-0.4, -0.2) is 16.6 Å². The van der Waals surface area contributed by atoms with Gasteiger partial charge in [0.05, 0.1) is 0 Å². The van der Waals surface area contributed by atoms with Gasteiger partial charge in [-0.1, -0.05) is 111 Å². The molecule has 0 N–H and O–H groups in total. The Morgan fingerprint density at radius 2 is 1.35 bits per heavy atom. The maximum absolute atomic E-state index is 4.83. The molecule has 1 aliphatic heterocycles. The summed E-state index contributed by atoms with van der Waals surface area (Å²) in [5.74, 6) is 0.885. The van der Waals surface area contributed by atoms with E-state index in [1.165, 1.54) is 44.3 Å².